The molecule has 0 saturated heterocycles. The molecule has 1 amide bonds. The zero-order valence-electron chi connectivity index (χ0n) is 13.6. The van der Waals surface area contributed by atoms with Crippen molar-refractivity contribution in [2.45, 2.75) is 13.0 Å². The molecule has 1 N–H and O–H groups in total. The van der Waals surface area contributed by atoms with Crippen molar-refractivity contribution in [3.05, 3.63) is 53.6 Å². The zero-order valence-corrected chi connectivity index (χ0v) is 14.4. The van der Waals surface area contributed by atoms with Crippen LogP contribution in [-0.4, -0.2) is 32.3 Å². The number of ether oxygens (including phenoxy) is 3. The molecule has 0 heterocycles. The molecular weight excluding hydrogens is 330 g/mol. The summed E-state index contributed by atoms with van der Waals surface area (Å²) < 4.78 is 16.3. The molecule has 0 aromatic heterocycles. The van der Waals surface area contributed by atoms with Crippen LogP contribution >= 0.6 is 11.6 Å². The van der Waals surface area contributed by atoms with E-state index in [1.165, 1.54) is 0 Å². The number of rotatable bonds is 8. The molecular formula is C18H20ClNO4. The van der Waals surface area contributed by atoms with Crippen LogP contribution in [-0.2, 0) is 4.79 Å². The van der Waals surface area contributed by atoms with Crippen LogP contribution in [0.3, 0.4) is 0 Å². The van der Waals surface area contributed by atoms with Crippen LogP contribution in [0.4, 0.5) is 0 Å². The molecule has 0 bridgehead atoms. The first-order chi connectivity index (χ1) is 11.6. The standard InChI is InChI=1S/C18H20ClNO4/c1-13(24-17-10-6-5-9-16(17)22-2)18(21)20-11-12-23-15-8-4-3-7-14(15)19/h3-10,13H,11-12H2,1-2H3,(H,20,21). The lowest BCUT2D eigenvalue weighted by molar-refractivity contribution is -0.127. The van der Waals surface area contributed by atoms with E-state index in [1.807, 2.05) is 24.3 Å². The first-order valence-electron chi connectivity index (χ1n) is 7.56. The molecule has 128 valence electrons. The van der Waals surface area contributed by atoms with Crippen molar-refractivity contribution >= 4 is 17.5 Å². The fourth-order valence-electron chi connectivity index (χ4n) is 2.00. The van der Waals surface area contributed by atoms with Gasteiger partial charge in [-0.25, -0.2) is 0 Å². The van der Waals surface area contributed by atoms with Crippen molar-refractivity contribution in [1.82, 2.24) is 5.32 Å². The van der Waals surface area contributed by atoms with E-state index < -0.39 is 6.10 Å². The average molecular weight is 350 g/mol. The Bertz CT molecular complexity index is 678. The lowest BCUT2D eigenvalue weighted by Gasteiger charge is -2.16. The zero-order chi connectivity index (χ0) is 17.4. The smallest absolute Gasteiger partial charge is 0.260 e. The normalized spacial score (nSPS) is 11.5. The molecule has 0 radical (unpaired) electrons. The van der Waals surface area contributed by atoms with Gasteiger partial charge in [0.1, 0.15) is 12.4 Å². The number of carbonyl (C=O) groups excluding carboxylic acids is 1. The predicted octanol–water partition coefficient (Wildman–Crippen LogP) is 3.31. The molecule has 0 spiro atoms. The Kier molecular flexibility index (Phi) is 6.75. The van der Waals surface area contributed by atoms with Gasteiger partial charge in [0.2, 0.25) is 0 Å². The van der Waals surface area contributed by atoms with Crippen LogP contribution in [0.2, 0.25) is 5.02 Å². The molecule has 2 aromatic carbocycles. The SMILES string of the molecule is COc1ccccc1OC(C)C(=O)NCCOc1ccccc1Cl. The molecule has 1 unspecified atom stereocenters. The summed E-state index contributed by atoms with van der Waals surface area (Å²) in [5.41, 5.74) is 0. The minimum Gasteiger partial charge on any atom is -0.493 e. The van der Waals surface area contributed by atoms with Crippen LogP contribution in [0.15, 0.2) is 48.5 Å². The van der Waals surface area contributed by atoms with E-state index in [4.69, 9.17) is 25.8 Å². The van der Waals surface area contributed by atoms with Gasteiger partial charge < -0.3 is 19.5 Å². The highest BCUT2D eigenvalue weighted by molar-refractivity contribution is 6.32. The first-order valence-corrected chi connectivity index (χ1v) is 7.94. The lowest BCUT2D eigenvalue weighted by atomic mass is 10.3. The quantitative estimate of drug-likeness (QED) is 0.743. The van der Waals surface area contributed by atoms with Gasteiger partial charge in [0.25, 0.3) is 5.91 Å². The van der Waals surface area contributed by atoms with Crippen molar-refractivity contribution in [2.75, 3.05) is 20.3 Å². The number of hydrogen-bond acceptors (Lipinski definition) is 4. The number of methoxy groups -OCH3 is 1. The number of halogens is 1. The van der Waals surface area contributed by atoms with Crippen molar-refractivity contribution in [3.8, 4) is 17.2 Å². The lowest BCUT2D eigenvalue weighted by Crippen LogP contribution is -2.38. The third-order valence-corrected chi connectivity index (χ3v) is 3.55. The van der Waals surface area contributed by atoms with E-state index in [2.05, 4.69) is 5.32 Å². The van der Waals surface area contributed by atoms with Crippen molar-refractivity contribution in [1.29, 1.82) is 0 Å². The largest absolute Gasteiger partial charge is 0.493 e. The highest BCUT2D eigenvalue weighted by Crippen LogP contribution is 2.26. The first kappa shape index (κ1) is 17.9. The van der Waals surface area contributed by atoms with Gasteiger partial charge in [0.05, 0.1) is 18.7 Å². The average Bonchev–Trinajstić information content (AvgIpc) is 2.60. The van der Waals surface area contributed by atoms with Crippen LogP contribution in [0.25, 0.3) is 0 Å². The number of benzene rings is 2. The summed E-state index contributed by atoms with van der Waals surface area (Å²) in [6.45, 7) is 2.34. The summed E-state index contributed by atoms with van der Waals surface area (Å²) in [4.78, 5) is 12.1. The summed E-state index contributed by atoms with van der Waals surface area (Å²) in [7, 11) is 1.55. The highest BCUT2D eigenvalue weighted by atomic mass is 35.5. The molecule has 6 heteroatoms. The maximum absolute atomic E-state index is 12.1. The minimum atomic E-state index is -0.651. The van der Waals surface area contributed by atoms with E-state index in [9.17, 15) is 4.79 Å². The molecule has 0 aliphatic heterocycles. The number of nitrogens with one attached hydrogen (secondary N) is 1. The van der Waals surface area contributed by atoms with Crippen LogP contribution in [0.5, 0.6) is 17.2 Å². The van der Waals surface area contributed by atoms with Crippen molar-refractivity contribution < 1.29 is 19.0 Å². The molecule has 0 fully saturated rings. The van der Waals surface area contributed by atoms with Gasteiger partial charge in [0, 0.05) is 0 Å². The van der Waals surface area contributed by atoms with Gasteiger partial charge in [-0.2, -0.15) is 0 Å². The Morgan fingerprint density at radius 3 is 2.38 bits per heavy atom. The fourth-order valence-corrected chi connectivity index (χ4v) is 2.19. The third kappa shape index (κ3) is 5.06. The summed E-state index contributed by atoms with van der Waals surface area (Å²) in [5, 5.41) is 3.30. The van der Waals surface area contributed by atoms with Crippen LogP contribution in [0.1, 0.15) is 6.92 Å². The van der Waals surface area contributed by atoms with E-state index >= 15 is 0 Å². The topological polar surface area (TPSA) is 56.8 Å². The Hall–Kier alpha value is -2.40. The molecule has 5 nitrogen and oxygen atoms in total. The maximum atomic E-state index is 12.1. The molecule has 0 aliphatic rings. The van der Waals surface area contributed by atoms with E-state index in [1.54, 1.807) is 38.3 Å². The molecule has 24 heavy (non-hydrogen) atoms. The van der Waals surface area contributed by atoms with Crippen molar-refractivity contribution in [2.24, 2.45) is 0 Å². The second kappa shape index (κ2) is 9.03. The number of amides is 1. The van der Waals surface area contributed by atoms with Crippen molar-refractivity contribution in [3.63, 3.8) is 0 Å². The molecule has 0 saturated carbocycles. The van der Waals surface area contributed by atoms with Crippen LogP contribution in [0, 0.1) is 0 Å². The van der Waals surface area contributed by atoms with Gasteiger partial charge in [-0.3, -0.25) is 4.79 Å². The van der Waals surface area contributed by atoms with E-state index in [0.29, 0.717) is 35.4 Å². The number of para-hydroxylation sites is 3. The second-order valence-corrected chi connectivity index (χ2v) is 5.39. The summed E-state index contributed by atoms with van der Waals surface area (Å²) in [6, 6.07) is 14.4. The summed E-state index contributed by atoms with van der Waals surface area (Å²) >= 11 is 5.99. The third-order valence-electron chi connectivity index (χ3n) is 3.24. The Morgan fingerprint density at radius 1 is 1.08 bits per heavy atom. The summed E-state index contributed by atoms with van der Waals surface area (Å²) in [5.74, 6) is 1.46. The van der Waals surface area contributed by atoms with Crippen LogP contribution < -0.4 is 19.5 Å². The summed E-state index contributed by atoms with van der Waals surface area (Å²) in [6.07, 6.45) is -0.651. The van der Waals surface area contributed by atoms with E-state index in [-0.39, 0.29) is 5.91 Å². The number of carbonyl (C=O) groups is 1. The van der Waals surface area contributed by atoms with Gasteiger partial charge in [-0.1, -0.05) is 35.9 Å². The minimum absolute atomic E-state index is 0.233. The Balaban J connectivity index is 1.77. The number of hydrogen-bond donors (Lipinski definition) is 1. The molecule has 2 aromatic rings. The maximum Gasteiger partial charge on any atom is 0.260 e. The Labute approximate surface area is 146 Å². The van der Waals surface area contributed by atoms with Gasteiger partial charge >= 0.3 is 0 Å². The van der Waals surface area contributed by atoms with E-state index in [0.717, 1.165) is 0 Å². The monoisotopic (exact) mass is 349 g/mol. The molecule has 1 atom stereocenters. The van der Waals surface area contributed by atoms with Gasteiger partial charge in [-0.15, -0.1) is 0 Å². The molecule has 0 aliphatic carbocycles. The van der Waals surface area contributed by atoms with Gasteiger partial charge in [0.15, 0.2) is 17.6 Å². The highest BCUT2D eigenvalue weighted by Gasteiger charge is 2.16. The molecule has 2 rings (SSSR count). The predicted molar refractivity (Wildman–Crippen MR) is 93.0 cm³/mol. The second-order valence-electron chi connectivity index (χ2n) is 4.98. The fraction of sp³-hybridized carbons (Fsp3) is 0.278. The van der Waals surface area contributed by atoms with Gasteiger partial charge in [-0.05, 0) is 31.2 Å². The Morgan fingerprint density at radius 2 is 1.71 bits per heavy atom.